The lowest BCUT2D eigenvalue weighted by molar-refractivity contribution is -0.145. The number of hydrogen-bond donors (Lipinski definition) is 1. The predicted molar refractivity (Wildman–Crippen MR) is 88.1 cm³/mol. The topological polar surface area (TPSA) is 46.5 Å². The van der Waals surface area contributed by atoms with E-state index in [0.717, 1.165) is 11.1 Å². The number of ether oxygens (including phenoxy) is 1. The summed E-state index contributed by atoms with van der Waals surface area (Å²) in [7, 11) is 0. The molecule has 1 unspecified atom stereocenters. The van der Waals surface area contributed by atoms with E-state index in [0.29, 0.717) is 21.4 Å². The van der Waals surface area contributed by atoms with Gasteiger partial charge in [-0.2, -0.15) is 0 Å². The molecule has 1 atom stereocenters. The Kier molecular flexibility index (Phi) is 5.33. The van der Waals surface area contributed by atoms with Crippen LogP contribution in [0.15, 0.2) is 36.4 Å². The van der Waals surface area contributed by atoms with Crippen molar-refractivity contribution in [3.05, 3.63) is 63.1 Å². The molecule has 1 N–H and O–H groups in total. The second-order valence-electron chi connectivity index (χ2n) is 5.11. The first-order valence-corrected chi connectivity index (χ1v) is 7.53. The highest BCUT2D eigenvalue weighted by Crippen LogP contribution is 2.27. The molecule has 2 rings (SSSR count). The van der Waals surface area contributed by atoms with Crippen molar-refractivity contribution in [2.45, 2.75) is 26.4 Å². The molecular weight excluding hydrogens is 323 g/mol. The Hall–Kier alpha value is -1.71. The summed E-state index contributed by atoms with van der Waals surface area (Å²) < 4.78 is 5.61. The molecule has 0 aromatic heterocycles. The lowest BCUT2D eigenvalue weighted by atomic mass is 10.1. The van der Waals surface area contributed by atoms with Crippen molar-refractivity contribution in [3.8, 4) is 5.75 Å². The zero-order valence-electron chi connectivity index (χ0n) is 12.3. The van der Waals surface area contributed by atoms with Gasteiger partial charge in [0.05, 0.1) is 10.0 Å². The zero-order valence-corrected chi connectivity index (χ0v) is 13.8. The van der Waals surface area contributed by atoms with E-state index in [1.807, 2.05) is 26.0 Å². The van der Waals surface area contributed by atoms with Gasteiger partial charge in [-0.15, -0.1) is 0 Å². The molecule has 0 heterocycles. The van der Waals surface area contributed by atoms with Crippen molar-refractivity contribution >= 4 is 29.2 Å². The van der Waals surface area contributed by atoms with E-state index in [2.05, 4.69) is 0 Å². The van der Waals surface area contributed by atoms with E-state index in [4.69, 9.17) is 27.9 Å². The summed E-state index contributed by atoms with van der Waals surface area (Å²) in [6.07, 6.45) is -0.889. The quantitative estimate of drug-likeness (QED) is 0.860. The maximum atomic E-state index is 11.5. The number of aryl methyl sites for hydroxylation is 2. The van der Waals surface area contributed by atoms with Crippen molar-refractivity contribution in [1.82, 2.24) is 0 Å². The lowest BCUT2D eigenvalue weighted by Crippen LogP contribution is -2.29. The molecule has 3 nitrogen and oxygen atoms in total. The Morgan fingerprint density at radius 1 is 1.18 bits per heavy atom. The molecule has 0 saturated carbocycles. The van der Waals surface area contributed by atoms with E-state index in [1.54, 1.807) is 24.3 Å². The van der Waals surface area contributed by atoms with Gasteiger partial charge in [0.15, 0.2) is 6.10 Å². The highest BCUT2D eigenvalue weighted by Gasteiger charge is 2.22. The van der Waals surface area contributed by atoms with E-state index >= 15 is 0 Å². The summed E-state index contributed by atoms with van der Waals surface area (Å²) >= 11 is 12.1. The van der Waals surface area contributed by atoms with Gasteiger partial charge in [-0.05, 0) is 48.7 Å². The molecule has 2 aromatic rings. The minimum absolute atomic E-state index is 0.141. The van der Waals surface area contributed by atoms with Gasteiger partial charge in [0.1, 0.15) is 5.75 Å². The normalized spacial score (nSPS) is 12.0. The standard InChI is InChI=1S/C17H16Cl2O3/c1-10-6-7-13(8-11(10)2)22-15(17(20)21)9-12-4-3-5-14(18)16(12)19/h3-8,15H,9H2,1-2H3,(H,20,21). The fourth-order valence-corrected chi connectivity index (χ4v) is 2.43. The van der Waals surface area contributed by atoms with E-state index in [-0.39, 0.29) is 6.42 Å². The van der Waals surface area contributed by atoms with Gasteiger partial charge >= 0.3 is 5.97 Å². The molecule has 22 heavy (non-hydrogen) atoms. The molecule has 0 saturated heterocycles. The smallest absolute Gasteiger partial charge is 0.345 e. The number of carbonyl (C=O) groups is 1. The van der Waals surface area contributed by atoms with Crippen molar-refractivity contribution in [2.24, 2.45) is 0 Å². The lowest BCUT2D eigenvalue weighted by Gasteiger charge is -2.17. The molecule has 2 aromatic carbocycles. The Bertz CT molecular complexity index is 698. The largest absolute Gasteiger partial charge is 0.478 e. The van der Waals surface area contributed by atoms with Crippen LogP contribution in [0.4, 0.5) is 0 Å². The zero-order chi connectivity index (χ0) is 16.3. The first kappa shape index (κ1) is 16.7. The molecule has 0 aliphatic rings. The highest BCUT2D eigenvalue weighted by molar-refractivity contribution is 6.42. The van der Waals surface area contributed by atoms with Gasteiger partial charge in [0.25, 0.3) is 0 Å². The monoisotopic (exact) mass is 338 g/mol. The second-order valence-corrected chi connectivity index (χ2v) is 5.89. The maximum absolute atomic E-state index is 11.5. The average Bonchev–Trinajstić information content (AvgIpc) is 2.46. The minimum Gasteiger partial charge on any atom is -0.478 e. The molecule has 0 radical (unpaired) electrons. The van der Waals surface area contributed by atoms with Gasteiger partial charge in [-0.3, -0.25) is 0 Å². The number of rotatable bonds is 5. The summed E-state index contributed by atoms with van der Waals surface area (Å²) in [6, 6.07) is 10.6. The third-order valence-corrected chi connectivity index (χ3v) is 4.33. The second kappa shape index (κ2) is 7.03. The Balaban J connectivity index is 2.21. The van der Waals surface area contributed by atoms with Crippen LogP contribution in [-0.4, -0.2) is 17.2 Å². The first-order chi connectivity index (χ1) is 10.4. The van der Waals surface area contributed by atoms with Crippen molar-refractivity contribution in [3.63, 3.8) is 0 Å². The maximum Gasteiger partial charge on any atom is 0.345 e. The van der Waals surface area contributed by atoms with E-state index < -0.39 is 12.1 Å². The van der Waals surface area contributed by atoms with Gasteiger partial charge in [0, 0.05) is 6.42 Å². The fourth-order valence-electron chi connectivity index (χ4n) is 2.04. The van der Waals surface area contributed by atoms with Crippen LogP contribution in [0.5, 0.6) is 5.75 Å². The molecule has 0 bridgehead atoms. The first-order valence-electron chi connectivity index (χ1n) is 6.78. The van der Waals surface area contributed by atoms with E-state index in [9.17, 15) is 9.90 Å². The molecule has 0 aliphatic heterocycles. The fraction of sp³-hybridized carbons (Fsp3) is 0.235. The van der Waals surface area contributed by atoms with E-state index in [1.165, 1.54) is 0 Å². The predicted octanol–water partition coefficient (Wildman–Crippen LogP) is 4.68. The Morgan fingerprint density at radius 3 is 2.55 bits per heavy atom. The molecule has 0 amide bonds. The SMILES string of the molecule is Cc1ccc(OC(Cc2cccc(Cl)c2Cl)C(=O)O)cc1C. The minimum atomic E-state index is -1.05. The summed E-state index contributed by atoms with van der Waals surface area (Å²) in [4.78, 5) is 11.5. The highest BCUT2D eigenvalue weighted by atomic mass is 35.5. The molecule has 0 spiro atoms. The van der Waals surface area contributed by atoms with Crippen LogP contribution in [0.3, 0.4) is 0 Å². The number of benzene rings is 2. The summed E-state index contributed by atoms with van der Waals surface area (Å²) in [6.45, 7) is 3.94. The molecule has 5 heteroatoms. The molecule has 0 aliphatic carbocycles. The van der Waals surface area contributed by atoms with Crippen LogP contribution in [0.25, 0.3) is 0 Å². The van der Waals surface area contributed by atoms with Crippen molar-refractivity contribution in [2.75, 3.05) is 0 Å². The third-order valence-electron chi connectivity index (χ3n) is 3.47. The van der Waals surface area contributed by atoms with Crippen molar-refractivity contribution < 1.29 is 14.6 Å². The molecular formula is C17H16Cl2O3. The number of carboxylic acids is 1. The van der Waals surface area contributed by atoms with Crippen LogP contribution < -0.4 is 4.74 Å². The van der Waals surface area contributed by atoms with Gasteiger partial charge in [0.2, 0.25) is 0 Å². The van der Waals surface area contributed by atoms with Crippen LogP contribution in [0, 0.1) is 13.8 Å². The number of hydrogen-bond acceptors (Lipinski definition) is 2. The molecule has 0 fully saturated rings. The van der Waals surface area contributed by atoms with Crippen LogP contribution in [0.2, 0.25) is 10.0 Å². The molecule has 116 valence electrons. The van der Waals surface area contributed by atoms with Crippen LogP contribution in [0.1, 0.15) is 16.7 Å². The van der Waals surface area contributed by atoms with Crippen molar-refractivity contribution in [1.29, 1.82) is 0 Å². The van der Waals surface area contributed by atoms with Gasteiger partial charge < -0.3 is 9.84 Å². The summed E-state index contributed by atoms with van der Waals surface area (Å²) in [5, 5.41) is 10.1. The number of aliphatic carboxylic acids is 1. The number of carboxylic acid groups (broad SMARTS) is 1. The average molecular weight is 339 g/mol. The van der Waals surface area contributed by atoms with Gasteiger partial charge in [-0.1, -0.05) is 41.4 Å². The summed E-state index contributed by atoms with van der Waals surface area (Å²) in [5.74, 6) is -0.525. The van der Waals surface area contributed by atoms with Crippen LogP contribution >= 0.6 is 23.2 Å². The summed E-state index contributed by atoms with van der Waals surface area (Å²) in [5.41, 5.74) is 2.81. The van der Waals surface area contributed by atoms with Crippen LogP contribution in [-0.2, 0) is 11.2 Å². The third kappa shape index (κ3) is 3.93. The van der Waals surface area contributed by atoms with Gasteiger partial charge in [-0.25, -0.2) is 4.79 Å². The Labute approximate surface area is 139 Å². The number of halogens is 2. The Morgan fingerprint density at radius 2 is 1.91 bits per heavy atom.